The highest BCUT2D eigenvalue weighted by molar-refractivity contribution is 6.26. The van der Waals surface area contributed by atoms with Gasteiger partial charge in [-0.05, 0) is 68.7 Å². The normalized spacial score (nSPS) is 11.1. The maximum Gasteiger partial charge on any atom is 0.161 e. The predicted molar refractivity (Wildman–Crippen MR) is 113 cm³/mol. The van der Waals surface area contributed by atoms with Crippen LogP contribution in [0, 0.1) is 0 Å². The molecule has 0 aromatic heterocycles. The van der Waals surface area contributed by atoms with Crippen molar-refractivity contribution in [1.29, 1.82) is 0 Å². The van der Waals surface area contributed by atoms with E-state index in [0.717, 1.165) is 32.3 Å². The van der Waals surface area contributed by atoms with Gasteiger partial charge in [0, 0.05) is 0 Å². The molecular formula is C23H22O6. The summed E-state index contributed by atoms with van der Waals surface area (Å²) in [5.74, 6) is 2.93. The van der Waals surface area contributed by atoms with E-state index in [4.69, 9.17) is 23.7 Å². The zero-order chi connectivity index (χ0) is 20.7. The Morgan fingerprint density at radius 2 is 0.655 bits per heavy atom. The van der Waals surface area contributed by atoms with E-state index < -0.39 is 0 Å². The molecule has 4 rings (SSSR count). The van der Waals surface area contributed by atoms with Crippen molar-refractivity contribution in [2.45, 2.75) is 0 Å². The molecule has 0 spiro atoms. The summed E-state index contributed by atoms with van der Waals surface area (Å²) in [5.41, 5.74) is 0. The third-order valence-electron chi connectivity index (χ3n) is 5.24. The van der Waals surface area contributed by atoms with Crippen molar-refractivity contribution in [3.05, 3.63) is 36.4 Å². The molecule has 1 N–H and O–H groups in total. The molecule has 0 amide bonds. The summed E-state index contributed by atoms with van der Waals surface area (Å²) < 4.78 is 27.4. The zero-order valence-corrected chi connectivity index (χ0v) is 17.0. The van der Waals surface area contributed by atoms with E-state index in [-0.39, 0.29) is 5.75 Å². The number of benzene rings is 4. The Balaban J connectivity index is 2.30. The average molecular weight is 394 g/mol. The molecule has 4 aromatic carbocycles. The van der Waals surface area contributed by atoms with E-state index in [9.17, 15) is 5.11 Å². The van der Waals surface area contributed by atoms with E-state index in [1.165, 1.54) is 7.11 Å². The van der Waals surface area contributed by atoms with Crippen molar-refractivity contribution in [2.75, 3.05) is 35.5 Å². The lowest BCUT2D eigenvalue weighted by atomic mass is 9.93. The lowest BCUT2D eigenvalue weighted by molar-refractivity contribution is 0.355. The fourth-order valence-electron chi connectivity index (χ4n) is 3.83. The fourth-order valence-corrected chi connectivity index (χ4v) is 3.83. The van der Waals surface area contributed by atoms with E-state index in [0.29, 0.717) is 28.7 Å². The Kier molecular flexibility index (Phi) is 4.62. The van der Waals surface area contributed by atoms with Crippen molar-refractivity contribution < 1.29 is 28.8 Å². The van der Waals surface area contributed by atoms with Crippen LogP contribution < -0.4 is 23.7 Å². The molecule has 0 saturated heterocycles. The van der Waals surface area contributed by atoms with Gasteiger partial charge in [-0.2, -0.15) is 0 Å². The highest BCUT2D eigenvalue weighted by Gasteiger charge is 2.18. The second kappa shape index (κ2) is 7.13. The van der Waals surface area contributed by atoms with E-state index in [1.807, 2.05) is 30.3 Å². The second-order valence-electron chi connectivity index (χ2n) is 6.58. The van der Waals surface area contributed by atoms with Gasteiger partial charge in [-0.15, -0.1) is 0 Å². The smallest absolute Gasteiger partial charge is 0.161 e. The number of phenols is 1. The standard InChI is InChI=1S/C23H22O6/c1-25-19-7-13-12(6-18(19)24)14-8-20(26-2)22(28-4)10-16(14)17-11-23(29-5)21(27-3)9-15(13)17/h6-11,24H,1-5H3. The minimum Gasteiger partial charge on any atom is -0.504 e. The first kappa shape index (κ1) is 18.8. The second-order valence-corrected chi connectivity index (χ2v) is 6.58. The van der Waals surface area contributed by atoms with Gasteiger partial charge in [-0.25, -0.2) is 0 Å². The number of ether oxygens (including phenoxy) is 5. The largest absolute Gasteiger partial charge is 0.504 e. The molecule has 0 fully saturated rings. The first-order chi connectivity index (χ1) is 14.1. The van der Waals surface area contributed by atoms with Crippen molar-refractivity contribution in [3.8, 4) is 34.5 Å². The fraction of sp³-hybridized carbons (Fsp3) is 0.217. The Morgan fingerprint density at radius 3 is 0.931 bits per heavy atom. The number of aromatic hydroxyl groups is 1. The Morgan fingerprint density at radius 1 is 0.414 bits per heavy atom. The third-order valence-corrected chi connectivity index (χ3v) is 5.24. The maximum atomic E-state index is 10.4. The summed E-state index contributed by atoms with van der Waals surface area (Å²) in [6.45, 7) is 0. The number of rotatable bonds is 5. The van der Waals surface area contributed by atoms with Gasteiger partial charge in [-0.1, -0.05) is 0 Å². The van der Waals surface area contributed by atoms with Crippen LogP contribution in [0.1, 0.15) is 0 Å². The highest BCUT2D eigenvalue weighted by Crippen LogP contribution is 2.46. The lowest BCUT2D eigenvalue weighted by Gasteiger charge is -2.17. The van der Waals surface area contributed by atoms with Crippen molar-refractivity contribution in [2.24, 2.45) is 0 Å². The molecule has 150 valence electrons. The third kappa shape index (κ3) is 2.79. The Bertz CT molecular complexity index is 1210. The van der Waals surface area contributed by atoms with Gasteiger partial charge in [0.2, 0.25) is 0 Å². The number of methoxy groups -OCH3 is 5. The molecule has 4 aromatic rings. The van der Waals surface area contributed by atoms with E-state index in [1.54, 1.807) is 34.5 Å². The van der Waals surface area contributed by atoms with Crippen LogP contribution in [0.15, 0.2) is 36.4 Å². The molecule has 0 unspecified atom stereocenters. The molecule has 0 heterocycles. The maximum absolute atomic E-state index is 10.4. The van der Waals surface area contributed by atoms with Gasteiger partial charge in [-0.3, -0.25) is 0 Å². The molecule has 0 bridgehead atoms. The first-order valence-corrected chi connectivity index (χ1v) is 9.00. The van der Waals surface area contributed by atoms with Crippen LogP contribution in [-0.4, -0.2) is 40.7 Å². The highest BCUT2D eigenvalue weighted by atomic mass is 16.5. The SMILES string of the molecule is COc1cc2c(cc1O)c1cc(OC)c(OC)cc1c1cc(OC)c(OC)cc21. The van der Waals surface area contributed by atoms with Crippen LogP contribution in [-0.2, 0) is 0 Å². The summed E-state index contributed by atoms with van der Waals surface area (Å²) in [6, 6.07) is 11.3. The summed E-state index contributed by atoms with van der Waals surface area (Å²) in [6.07, 6.45) is 0. The van der Waals surface area contributed by atoms with Gasteiger partial charge in [0.05, 0.1) is 35.5 Å². The van der Waals surface area contributed by atoms with E-state index >= 15 is 0 Å². The molecule has 0 saturated carbocycles. The average Bonchev–Trinajstić information content (AvgIpc) is 2.76. The van der Waals surface area contributed by atoms with Gasteiger partial charge < -0.3 is 28.8 Å². The summed E-state index contributed by atoms with van der Waals surface area (Å²) >= 11 is 0. The van der Waals surface area contributed by atoms with Crippen LogP contribution in [0.5, 0.6) is 34.5 Å². The lowest BCUT2D eigenvalue weighted by Crippen LogP contribution is -1.94. The first-order valence-electron chi connectivity index (χ1n) is 9.00. The van der Waals surface area contributed by atoms with Gasteiger partial charge in [0.25, 0.3) is 0 Å². The van der Waals surface area contributed by atoms with Crippen LogP contribution >= 0.6 is 0 Å². The molecule has 29 heavy (non-hydrogen) atoms. The number of phenolic OH excluding ortho intramolecular Hbond substituents is 1. The zero-order valence-electron chi connectivity index (χ0n) is 17.0. The predicted octanol–water partition coefficient (Wildman–Crippen LogP) is 4.89. The summed E-state index contributed by atoms with van der Waals surface area (Å²) in [7, 11) is 7.95. The molecule has 0 atom stereocenters. The summed E-state index contributed by atoms with van der Waals surface area (Å²) in [5, 5.41) is 15.9. The summed E-state index contributed by atoms with van der Waals surface area (Å²) in [4.78, 5) is 0. The molecule has 0 aliphatic rings. The Labute approximate surface area is 168 Å². The van der Waals surface area contributed by atoms with Gasteiger partial charge in [0.1, 0.15) is 0 Å². The molecule has 0 aliphatic heterocycles. The molecular weight excluding hydrogens is 372 g/mol. The topological polar surface area (TPSA) is 66.4 Å². The monoisotopic (exact) mass is 394 g/mol. The van der Waals surface area contributed by atoms with Gasteiger partial charge in [0.15, 0.2) is 34.5 Å². The van der Waals surface area contributed by atoms with Crippen LogP contribution in [0.3, 0.4) is 0 Å². The minimum atomic E-state index is 0.0657. The molecule has 6 nitrogen and oxygen atoms in total. The van der Waals surface area contributed by atoms with Crippen LogP contribution in [0.25, 0.3) is 32.3 Å². The van der Waals surface area contributed by atoms with Crippen molar-refractivity contribution >= 4 is 32.3 Å². The van der Waals surface area contributed by atoms with Crippen LogP contribution in [0.4, 0.5) is 0 Å². The van der Waals surface area contributed by atoms with E-state index in [2.05, 4.69) is 0 Å². The molecule has 0 aliphatic carbocycles. The minimum absolute atomic E-state index is 0.0657. The molecule has 6 heteroatoms. The Hall–Kier alpha value is -3.54. The quantitative estimate of drug-likeness (QED) is 0.486. The van der Waals surface area contributed by atoms with Crippen molar-refractivity contribution in [1.82, 2.24) is 0 Å². The number of hydrogen-bond acceptors (Lipinski definition) is 6. The number of hydrogen-bond donors (Lipinski definition) is 1. The number of fused-ring (bicyclic) bond motifs is 6. The molecule has 0 radical (unpaired) electrons. The van der Waals surface area contributed by atoms with Crippen molar-refractivity contribution in [3.63, 3.8) is 0 Å². The van der Waals surface area contributed by atoms with Crippen LogP contribution in [0.2, 0.25) is 0 Å². The van der Waals surface area contributed by atoms with Gasteiger partial charge >= 0.3 is 0 Å².